The lowest BCUT2D eigenvalue weighted by molar-refractivity contribution is -0.132. The van der Waals surface area contributed by atoms with E-state index >= 15 is 0 Å². The van der Waals surface area contributed by atoms with Crippen molar-refractivity contribution in [3.63, 3.8) is 0 Å². The topological polar surface area (TPSA) is 55.1 Å². The van der Waals surface area contributed by atoms with E-state index in [0.717, 1.165) is 25.8 Å². The van der Waals surface area contributed by atoms with Crippen LogP contribution in [0.15, 0.2) is 30.3 Å². The maximum atomic E-state index is 12.6. The number of nitrogens with two attached hydrogens (primary N) is 1. The van der Waals surface area contributed by atoms with Gasteiger partial charge >= 0.3 is 0 Å². The van der Waals surface area contributed by atoms with Crippen molar-refractivity contribution in [3.05, 3.63) is 35.9 Å². The Morgan fingerprint density at radius 2 is 1.83 bits per heavy atom. The van der Waals surface area contributed by atoms with Gasteiger partial charge in [-0.05, 0) is 43.1 Å². The Bertz CT molecular complexity index is 473. The first-order chi connectivity index (χ1) is 10.6. The minimum atomic E-state index is -0.391. The van der Waals surface area contributed by atoms with Gasteiger partial charge in [-0.3, -0.25) is 4.79 Å². The molecule has 2 rings (SSSR count). The minimum Gasteiger partial charge on any atom is -0.355 e. The van der Waals surface area contributed by atoms with Crippen LogP contribution in [0.1, 0.15) is 51.5 Å². The zero-order valence-electron chi connectivity index (χ0n) is 14.4. The molecule has 0 unspecified atom stereocenters. The molecule has 130 valence electrons. The predicted octanol–water partition coefficient (Wildman–Crippen LogP) is 3.70. The first-order valence-electron chi connectivity index (χ1n) is 8.62. The number of hydrogen-bond donors (Lipinski definition) is 2. The molecule has 23 heavy (non-hydrogen) atoms. The van der Waals surface area contributed by atoms with Gasteiger partial charge in [-0.2, -0.15) is 0 Å². The van der Waals surface area contributed by atoms with Crippen molar-refractivity contribution < 1.29 is 4.79 Å². The first-order valence-corrected chi connectivity index (χ1v) is 8.62. The molecule has 1 aliphatic carbocycles. The maximum absolute atomic E-state index is 12.6. The molecule has 1 amide bonds. The molecule has 4 heteroatoms. The number of amides is 1. The Morgan fingerprint density at radius 3 is 2.26 bits per heavy atom. The van der Waals surface area contributed by atoms with Crippen LogP contribution in [-0.2, 0) is 11.2 Å². The monoisotopic (exact) mass is 338 g/mol. The van der Waals surface area contributed by atoms with Gasteiger partial charge in [-0.15, -0.1) is 12.4 Å². The second-order valence-electron chi connectivity index (χ2n) is 6.89. The van der Waals surface area contributed by atoms with Crippen LogP contribution in [-0.4, -0.2) is 19.0 Å². The Balaban J connectivity index is 0.00000264. The van der Waals surface area contributed by atoms with Crippen molar-refractivity contribution in [1.29, 1.82) is 0 Å². The van der Waals surface area contributed by atoms with E-state index in [1.54, 1.807) is 0 Å². The average molecular weight is 339 g/mol. The summed E-state index contributed by atoms with van der Waals surface area (Å²) in [6.07, 6.45) is 6.34. The van der Waals surface area contributed by atoms with Crippen LogP contribution in [0.4, 0.5) is 0 Å². The van der Waals surface area contributed by atoms with Crippen molar-refractivity contribution in [3.8, 4) is 0 Å². The Morgan fingerprint density at radius 1 is 1.22 bits per heavy atom. The Hall–Kier alpha value is -1.06. The van der Waals surface area contributed by atoms with Gasteiger partial charge in [0.25, 0.3) is 0 Å². The molecule has 1 aromatic carbocycles. The van der Waals surface area contributed by atoms with Gasteiger partial charge in [0.05, 0.1) is 5.41 Å². The quantitative estimate of drug-likeness (QED) is 0.759. The molecule has 1 saturated carbocycles. The van der Waals surface area contributed by atoms with Gasteiger partial charge in [0.2, 0.25) is 5.91 Å². The maximum Gasteiger partial charge on any atom is 0.227 e. The second-order valence-corrected chi connectivity index (χ2v) is 6.89. The molecule has 3 N–H and O–H groups in total. The number of rotatable bonds is 8. The van der Waals surface area contributed by atoms with E-state index in [2.05, 4.69) is 49.5 Å². The molecule has 3 nitrogen and oxygen atoms in total. The van der Waals surface area contributed by atoms with Crippen molar-refractivity contribution in [2.75, 3.05) is 13.1 Å². The largest absolute Gasteiger partial charge is 0.355 e. The van der Waals surface area contributed by atoms with Gasteiger partial charge in [0.1, 0.15) is 0 Å². The van der Waals surface area contributed by atoms with E-state index < -0.39 is 5.41 Å². The first kappa shape index (κ1) is 20.0. The third kappa shape index (κ3) is 4.48. The molecule has 0 radical (unpaired) electrons. The fourth-order valence-electron chi connectivity index (χ4n) is 3.53. The molecule has 0 saturated heterocycles. The summed E-state index contributed by atoms with van der Waals surface area (Å²) in [5.41, 5.74) is 7.10. The summed E-state index contributed by atoms with van der Waals surface area (Å²) in [7, 11) is 0. The molecule has 0 atom stereocenters. The lowest BCUT2D eigenvalue weighted by Crippen LogP contribution is -2.50. The SMILES string of the molecule is CCC(CC)(CN)C(=O)NCC1(Cc2ccccc2)CCC1.Cl. The smallest absolute Gasteiger partial charge is 0.227 e. The highest BCUT2D eigenvalue weighted by Gasteiger charge is 2.39. The molecular weight excluding hydrogens is 308 g/mol. The van der Waals surface area contributed by atoms with Crippen LogP contribution in [0.25, 0.3) is 0 Å². The number of halogens is 1. The fourth-order valence-corrected chi connectivity index (χ4v) is 3.53. The van der Waals surface area contributed by atoms with E-state index in [0.29, 0.717) is 6.54 Å². The Labute approximate surface area is 146 Å². The van der Waals surface area contributed by atoms with Crippen LogP contribution in [0.2, 0.25) is 0 Å². The second kappa shape index (κ2) is 8.70. The summed E-state index contributed by atoms with van der Waals surface area (Å²) in [6, 6.07) is 10.6. The molecule has 1 aliphatic rings. The highest BCUT2D eigenvalue weighted by atomic mass is 35.5. The van der Waals surface area contributed by atoms with Crippen LogP contribution in [0, 0.1) is 10.8 Å². The van der Waals surface area contributed by atoms with Crippen LogP contribution in [0.5, 0.6) is 0 Å². The van der Waals surface area contributed by atoms with E-state index in [1.807, 2.05) is 0 Å². The number of hydrogen-bond acceptors (Lipinski definition) is 2. The van der Waals surface area contributed by atoms with Crippen molar-refractivity contribution in [1.82, 2.24) is 5.32 Å². The summed E-state index contributed by atoms with van der Waals surface area (Å²) < 4.78 is 0. The third-order valence-corrected chi connectivity index (χ3v) is 5.69. The van der Waals surface area contributed by atoms with Crippen LogP contribution in [0.3, 0.4) is 0 Å². The number of carbonyl (C=O) groups is 1. The van der Waals surface area contributed by atoms with Crippen LogP contribution >= 0.6 is 12.4 Å². The summed E-state index contributed by atoms with van der Waals surface area (Å²) in [4.78, 5) is 12.6. The van der Waals surface area contributed by atoms with E-state index in [9.17, 15) is 4.79 Å². The zero-order chi connectivity index (χ0) is 16.1. The van der Waals surface area contributed by atoms with E-state index in [4.69, 9.17) is 5.73 Å². The van der Waals surface area contributed by atoms with Gasteiger partial charge in [-0.25, -0.2) is 0 Å². The molecule has 0 aliphatic heterocycles. The van der Waals surface area contributed by atoms with Crippen LogP contribution < -0.4 is 11.1 Å². The number of nitrogens with one attached hydrogen (secondary N) is 1. The van der Waals surface area contributed by atoms with E-state index in [-0.39, 0.29) is 23.7 Å². The number of benzene rings is 1. The van der Waals surface area contributed by atoms with Crippen molar-refractivity contribution in [2.24, 2.45) is 16.6 Å². The summed E-state index contributed by atoms with van der Waals surface area (Å²) in [6.45, 7) is 5.32. The molecule has 1 aromatic rings. The minimum absolute atomic E-state index is 0. The van der Waals surface area contributed by atoms with Gasteiger partial charge in [-0.1, -0.05) is 50.6 Å². The number of carbonyl (C=O) groups excluding carboxylic acids is 1. The molecule has 0 spiro atoms. The Kier molecular flexibility index (Phi) is 7.56. The average Bonchev–Trinajstić information content (AvgIpc) is 2.53. The predicted molar refractivity (Wildman–Crippen MR) is 98.8 cm³/mol. The molecule has 1 fully saturated rings. The standard InChI is InChI=1S/C19H30N2O.ClH/c1-3-19(4-2,14-20)17(22)21-15-18(11-8-12-18)13-16-9-6-5-7-10-16;/h5-7,9-10H,3-4,8,11-15,20H2,1-2H3,(H,21,22);1H. The lowest BCUT2D eigenvalue weighted by Gasteiger charge is -2.43. The summed E-state index contributed by atoms with van der Waals surface area (Å²) in [5.74, 6) is 0.138. The fraction of sp³-hybridized carbons (Fsp3) is 0.632. The molecule has 0 aromatic heterocycles. The molecule has 0 heterocycles. The normalized spacial score (nSPS) is 16.1. The van der Waals surface area contributed by atoms with Gasteiger partial charge in [0, 0.05) is 13.1 Å². The summed E-state index contributed by atoms with van der Waals surface area (Å²) >= 11 is 0. The summed E-state index contributed by atoms with van der Waals surface area (Å²) in [5, 5.41) is 3.22. The van der Waals surface area contributed by atoms with Crippen molar-refractivity contribution in [2.45, 2.75) is 52.4 Å². The van der Waals surface area contributed by atoms with Gasteiger partial charge < -0.3 is 11.1 Å². The highest BCUT2D eigenvalue weighted by molar-refractivity contribution is 5.85. The third-order valence-electron chi connectivity index (χ3n) is 5.69. The zero-order valence-corrected chi connectivity index (χ0v) is 15.3. The molecular formula is C19H31ClN2O. The van der Waals surface area contributed by atoms with Gasteiger partial charge in [0.15, 0.2) is 0 Å². The van der Waals surface area contributed by atoms with Crippen molar-refractivity contribution >= 4 is 18.3 Å². The van der Waals surface area contributed by atoms with E-state index in [1.165, 1.54) is 24.8 Å². The lowest BCUT2D eigenvalue weighted by atomic mass is 9.65. The molecule has 0 bridgehead atoms. The highest BCUT2D eigenvalue weighted by Crippen LogP contribution is 2.43.